The van der Waals surface area contributed by atoms with Gasteiger partial charge in [-0.3, -0.25) is 4.98 Å². The van der Waals surface area contributed by atoms with Gasteiger partial charge < -0.3 is 24.6 Å². The zero-order valence-corrected chi connectivity index (χ0v) is 21.7. The highest BCUT2D eigenvalue weighted by molar-refractivity contribution is 7.80. The second-order valence-electron chi connectivity index (χ2n) is 9.09. The van der Waals surface area contributed by atoms with E-state index in [9.17, 15) is 9.90 Å². The Bertz CT molecular complexity index is 1450. The standard InChI is InChI=1S/C29H28N4O3S/c1-18-16-23(19(2)33(18)25-10-5-4-8-22(25)28(34)35)27-26(24-9-6-7-15-30-24)31-29(37)32(27)17-20-11-13-21(36-3)14-12-20/h4-16,26-27H,17H2,1-3H3,(H,31,37)(H,34,35)/t26-,27-/m1/s1. The van der Waals surface area contributed by atoms with Gasteiger partial charge in [0.05, 0.1) is 36.1 Å². The number of aryl methyl sites for hydroxylation is 1. The van der Waals surface area contributed by atoms with Crippen LogP contribution >= 0.6 is 12.2 Å². The van der Waals surface area contributed by atoms with Gasteiger partial charge >= 0.3 is 5.97 Å². The van der Waals surface area contributed by atoms with Gasteiger partial charge in [-0.15, -0.1) is 0 Å². The molecule has 0 radical (unpaired) electrons. The van der Waals surface area contributed by atoms with Crippen molar-refractivity contribution < 1.29 is 14.6 Å². The molecule has 0 saturated carbocycles. The predicted molar refractivity (Wildman–Crippen MR) is 146 cm³/mol. The first kappa shape index (κ1) is 24.5. The van der Waals surface area contributed by atoms with E-state index in [1.165, 1.54) is 0 Å². The number of nitrogens with one attached hydrogen (secondary N) is 1. The van der Waals surface area contributed by atoms with Crippen LogP contribution in [0.1, 0.15) is 50.7 Å². The number of methoxy groups -OCH3 is 1. The SMILES string of the molecule is COc1ccc(CN2C(=S)N[C@H](c3ccccn3)[C@H]2c2cc(C)n(-c3ccccc3C(=O)O)c2C)cc1. The number of aromatic carboxylic acids is 1. The van der Waals surface area contributed by atoms with Gasteiger partial charge in [0.1, 0.15) is 5.75 Å². The van der Waals surface area contributed by atoms with Gasteiger partial charge in [0.2, 0.25) is 0 Å². The number of rotatable bonds is 7. The zero-order chi connectivity index (χ0) is 26.1. The first-order valence-corrected chi connectivity index (χ1v) is 12.4. The Morgan fingerprint density at radius 2 is 1.81 bits per heavy atom. The number of pyridine rings is 1. The highest BCUT2D eigenvalue weighted by Gasteiger charge is 2.41. The minimum Gasteiger partial charge on any atom is -0.497 e. The number of aromatic nitrogens is 2. The Morgan fingerprint density at radius 3 is 2.49 bits per heavy atom. The lowest BCUT2D eigenvalue weighted by molar-refractivity contribution is 0.0697. The number of carboxylic acid groups (broad SMARTS) is 1. The van der Waals surface area contributed by atoms with Gasteiger partial charge in [-0.25, -0.2) is 4.79 Å². The number of hydrogen-bond acceptors (Lipinski definition) is 4. The monoisotopic (exact) mass is 512 g/mol. The zero-order valence-electron chi connectivity index (χ0n) is 20.9. The third kappa shape index (κ3) is 4.56. The number of benzene rings is 2. The van der Waals surface area contributed by atoms with E-state index in [2.05, 4.69) is 21.3 Å². The van der Waals surface area contributed by atoms with Crippen LogP contribution < -0.4 is 10.1 Å². The summed E-state index contributed by atoms with van der Waals surface area (Å²) in [7, 11) is 1.65. The van der Waals surface area contributed by atoms with Crippen molar-refractivity contribution in [2.24, 2.45) is 0 Å². The van der Waals surface area contributed by atoms with Crippen LogP contribution in [0.2, 0.25) is 0 Å². The summed E-state index contributed by atoms with van der Waals surface area (Å²) >= 11 is 5.85. The van der Waals surface area contributed by atoms with Crippen molar-refractivity contribution in [3.05, 3.63) is 113 Å². The fourth-order valence-electron chi connectivity index (χ4n) is 5.15. The van der Waals surface area contributed by atoms with Crippen LogP contribution in [0.3, 0.4) is 0 Å². The average molecular weight is 513 g/mol. The lowest BCUT2D eigenvalue weighted by Crippen LogP contribution is -2.29. The second kappa shape index (κ2) is 10.1. The predicted octanol–water partition coefficient (Wildman–Crippen LogP) is 5.37. The largest absolute Gasteiger partial charge is 0.497 e. The van der Waals surface area contributed by atoms with Crippen molar-refractivity contribution in [2.45, 2.75) is 32.5 Å². The maximum atomic E-state index is 12.0. The van der Waals surface area contributed by atoms with Gasteiger partial charge in [-0.1, -0.05) is 30.3 Å². The first-order chi connectivity index (χ1) is 17.9. The number of para-hydroxylation sites is 1. The fourth-order valence-corrected chi connectivity index (χ4v) is 5.45. The highest BCUT2D eigenvalue weighted by atomic mass is 32.1. The molecular weight excluding hydrogens is 484 g/mol. The molecule has 4 aromatic rings. The molecule has 7 nitrogen and oxygen atoms in total. The molecule has 2 aromatic heterocycles. The third-order valence-electron chi connectivity index (χ3n) is 6.87. The van der Waals surface area contributed by atoms with Crippen molar-refractivity contribution in [1.29, 1.82) is 0 Å². The Morgan fingerprint density at radius 1 is 1.08 bits per heavy atom. The highest BCUT2D eigenvalue weighted by Crippen LogP contribution is 2.42. The van der Waals surface area contributed by atoms with Crippen LogP contribution in [-0.4, -0.2) is 37.7 Å². The Kier molecular flexibility index (Phi) is 6.67. The van der Waals surface area contributed by atoms with Crippen LogP contribution in [0.5, 0.6) is 5.75 Å². The van der Waals surface area contributed by atoms with E-state index in [1.807, 2.05) is 73.0 Å². The Hall–Kier alpha value is -4.17. The van der Waals surface area contributed by atoms with Crippen LogP contribution in [0.25, 0.3) is 5.69 Å². The molecule has 1 aliphatic heterocycles. The quantitative estimate of drug-likeness (QED) is 0.322. The van der Waals surface area contributed by atoms with Crippen molar-refractivity contribution in [2.75, 3.05) is 7.11 Å². The number of nitrogens with zero attached hydrogens (tertiary/aromatic N) is 3. The smallest absolute Gasteiger partial charge is 0.337 e. The Labute approximate surface area is 221 Å². The molecule has 3 heterocycles. The van der Waals surface area contributed by atoms with Gasteiger partial charge in [-0.05, 0) is 79.7 Å². The number of carbonyl (C=O) groups is 1. The molecule has 0 amide bonds. The van der Waals surface area contributed by atoms with E-state index in [1.54, 1.807) is 25.4 Å². The molecule has 0 unspecified atom stereocenters. The van der Waals surface area contributed by atoms with E-state index in [-0.39, 0.29) is 17.6 Å². The summed E-state index contributed by atoms with van der Waals surface area (Å²) < 4.78 is 7.34. The molecule has 2 atom stereocenters. The molecule has 188 valence electrons. The summed E-state index contributed by atoms with van der Waals surface area (Å²) in [6.07, 6.45) is 1.79. The van der Waals surface area contributed by atoms with Gasteiger partial charge in [0.15, 0.2) is 5.11 Å². The molecule has 2 N–H and O–H groups in total. The molecule has 1 saturated heterocycles. The summed E-state index contributed by atoms with van der Waals surface area (Å²) in [4.78, 5) is 18.8. The number of thiocarbonyl (C=S) groups is 1. The van der Waals surface area contributed by atoms with Gasteiger partial charge in [-0.2, -0.15) is 0 Å². The Balaban J connectivity index is 1.62. The summed E-state index contributed by atoms with van der Waals surface area (Å²) in [5.41, 5.74) is 5.86. The van der Waals surface area contributed by atoms with Gasteiger partial charge in [0, 0.05) is 24.1 Å². The minimum absolute atomic E-state index is 0.151. The third-order valence-corrected chi connectivity index (χ3v) is 7.23. The van der Waals surface area contributed by atoms with Crippen molar-refractivity contribution in [1.82, 2.24) is 19.8 Å². The van der Waals surface area contributed by atoms with E-state index in [4.69, 9.17) is 17.0 Å². The van der Waals surface area contributed by atoms with Crippen molar-refractivity contribution in [3.8, 4) is 11.4 Å². The van der Waals surface area contributed by atoms with Crippen LogP contribution in [-0.2, 0) is 6.54 Å². The first-order valence-electron chi connectivity index (χ1n) is 12.0. The van der Waals surface area contributed by atoms with Gasteiger partial charge in [0.25, 0.3) is 0 Å². The molecule has 0 aliphatic carbocycles. The normalized spacial score (nSPS) is 17.1. The summed E-state index contributed by atoms with van der Waals surface area (Å²) in [6, 6.07) is 22.7. The number of carboxylic acids is 1. The maximum absolute atomic E-state index is 12.0. The molecule has 0 spiro atoms. The second-order valence-corrected chi connectivity index (χ2v) is 9.47. The molecular formula is C29H28N4O3S. The summed E-state index contributed by atoms with van der Waals surface area (Å²) in [5.74, 6) is -0.157. The van der Waals surface area contributed by atoms with Crippen LogP contribution in [0.15, 0.2) is 79.0 Å². The maximum Gasteiger partial charge on any atom is 0.337 e. The molecule has 37 heavy (non-hydrogen) atoms. The van der Waals surface area contributed by atoms with E-state index in [0.29, 0.717) is 17.3 Å². The van der Waals surface area contributed by atoms with Crippen molar-refractivity contribution >= 4 is 23.3 Å². The van der Waals surface area contributed by atoms with Crippen molar-refractivity contribution in [3.63, 3.8) is 0 Å². The average Bonchev–Trinajstić information content (AvgIpc) is 3.39. The molecule has 2 aromatic carbocycles. The topological polar surface area (TPSA) is 79.6 Å². The van der Waals surface area contributed by atoms with Crippen LogP contribution in [0, 0.1) is 13.8 Å². The van der Waals surface area contributed by atoms with E-state index in [0.717, 1.165) is 34.0 Å². The lowest BCUT2D eigenvalue weighted by atomic mass is 9.96. The number of ether oxygens (including phenoxy) is 1. The molecule has 1 fully saturated rings. The molecule has 1 aliphatic rings. The molecule has 0 bridgehead atoms. The summed E-state index contributed by atoms with van der Waals surface area (Å²) in [5, 5.41) is 14.0. The van der Waals surface area contributed by atoms with Crippen LogP contribution in [0.4, 0.5) is 0 Å². The molecule has 5 rings (SSSR count). The number of hydrogen-bond donors (Lipinski definition) is 2. The van der Waals surface area contributed by atoms with E-state index < -0.39 is 5.97 Å². The fraction of sp³-hybridized carbons (Fsp3) is 0.207. The minimum atomic E-state index is -0.958. The summed E-state index contributed by atoms with van der Waals surface area (Å²) in [6.45, 7) is 4.63. The van der Waals surface area contributed by atoms with E-state index >= 15 is 0 Å². The molecule has 8 heteroatoms. The lowest BCUT2D eigenvalue weighted by Gasteiger charge is -2.28.